The number of benzene rings is 2. The second-order valence-electron chi connectivity index (χ2n) is 7.44. The Morgan fingerprint density at radius 3 is 2.52 bits per heavy atom. The van der Waals surface area contributed by atoms with E-state index in [2.05, 4.69) is 46.1 Å². The molecule has 0 unspecified atom stereocenters. The fourth-order valence-electron chi connectivity index (χ4n) is 3.65. The van der Waals surface area contributed by atoms with Crippen LogP contribution in [-0.4, -0.2) is 43.9 Å². The molecule has 2 aromatic rings. The van der Waals surface area contributed by atoms with Gasteiger partial charge in [0.1, 0.15) is 5.75 Å². The second-order valence-corrected chi connectivity index (χ2v) is 8.29. The average Bonchev–Trinajstić information content (AvgIpc) is 2.78. The minimum atomic E-state index is -0.0999. The third-order valence-corrected chi connectivity index (χ3v) is 6.30. The van der Waals surface area contributed by atoms with Crippen LogP contribution in [0, 0.1) is 5.92 Å². The van der Waals surface area contributed by atoms with Crippen molar-refractivity contribution >= 4 is 17.8 Å². The highest BCUT2D eigenvalue weighted by Crippen LogP contribution is 2.24. The Morgan fingerprint density at radius 1 is 1.10 bits per heavy atom. The van der Waals surface area contributed by atoms with E-state index in [9.17, 15) is 4.79 Å². The molecule has 5 nitrogen and oxygen atoms in total. The highest BCUT2D eigenvalue weighted by Gasteiger charge is 2.20. The Balaban J connectivity index is 1.34. The number of rotatable bonds is 8. The summed E-state index contributed by atoms with van der Waals surface area (Å²) < 4.78 is 5.15. The Bertz CT molecular complexity index is 774. The lowest BCUT2D eigenvalue weighted by molar-refractivity contribution is 0.174. The number of hydrogen-bond donors (Lipinski definition) is 2. The van der Waals surface area contributed by atoms with Crippen molar-refractivity contribution in [2.24, 2.45) is 5.92 Å². The zero-order chi connectivity index (χ0) is 20.5. The minimum Gasteiger partial charge on any atom is -0.497 e. The van der Waals surface area contributed by atoms with Crippen molar-refractivity contribution < 1.29 is 9.53 Å². The lowest BCUT2D eigenvalue weighted by Crippen LogP contribution is -2.41. The first-order valence-corrected chi connectivity index (χ1v) is 11.4. The Labute approximate surface area is 178 Å². The summed E-state index contributed by atoms with van der Waals surface area (Å²) in [5, 5.41) is 5.96. The predicted octanol–water partition coefficient (Wildman–Crippen LogP) is 4.13. The van der Waals surface area contributed by atoms with Gasteiger partial charge < -0.3 is 15.4 Å². The quantitative estimate of drug-likeness (QED) is 0.639. The molecule has 0 bridgehead atoms. The largest absolute Gasteiger partial charge is 0.497 e. The molecule has 0 atom stereocenters. The van der Waals surface area contributed by atoms with Crippen LogP contribution in [0.15, 0.2) is 53.4 Å². The number of nitrogens with one attached hydrogen (secondary N) is 2. The van der Waals surface area contributed by atoms with Crippen molar-refractivity contribution in [1.82, 2.24) is 15.5 Å². The van der Waals surface area contributed by atoms with Gasteiger partial charge in [0.05, 0.1) is 7.11 Å². The first-order valence-electron chi connectivity index (χ1n) is 10.2. The normalized spacial score (nSPS) is 15.1. The molecule has 1 fully saturated rings. The van der Waals surface area contributed by atoms with Crippen LogP contribution in [0.1, 0.15) is 24.0 Å². The number of nitrogens with zero attached hydrogens (tertiary/aromatic N) is 1. The van der Waals surface area contributed by atoms with E-state index in [1.165, 1.54) is 10.5 Å². The molecule has 6 heteroatoms. The third kappa shape index (κ3) is 6.68. The van der Waals surface area contributed by atoms with Crippen molar-refractivity contribution in [3.8, 4) is 5.75 Å². The van der Waals surface area contributed by atoms with E-state index in [1.54, 1.807) is 7.11 Å². The smallest absolute Gasteiger partial charge is 0.315 e. The molecular weight excluding hydrogens is 382 g/mol. The lowest BCUT2D eigenvalue weighted by atomic mass is 9.96. The molecule has 2 aromatic carbocycles. The average molecular weight is 414 g/mol. The van der Waals surface area contributed by atoms with E-state index < -0.39 is 0 Å². The number of carbonyl (C=O) groups excluding carboxylic acids is 1. The third-order valence-electron chi connectivity index (χ3n) is 5.46. The molecule has 0 aromatic heterocycles. The molecule has 0 radical (unpaired) electrons. The van der Waals surface area contributed by atoms with Gasteiger partial charge in [-0.3, -0.25) is 4.90 Å². The Hall–Kier alpha value is -2.18. The predicted molar refractivity (Wildman–Crippen MR) is 119 cm³/mol. The zero-order valence-corrected chi connectivity index (χ0v) is 18.1. The summed E-state index contributed by atoms with van der Waals surface area (Å²) in [5.74, 6) is 1.37. The molecule has 1 aliphatic heterocycles. The number of likely N-dealkylation sites (tertiary alicyclic amines) is 1. The van der Waals surface area contributed by atoms with Crippen LogP contribution in [-0.2, 0) is 13.1 Å². The van der Waals surface area contributed by atoms with E-state index in [0.717, 1.165) is 50.3 Å². The number of hydrogen-bond acceptors (Lipinski definition) is 4. The summed E-state index contributed by atoms with van der Waals surface area (Å²) >= 11 is 1.81. The molecule has 0 spiro atoms. The Kier molecular flexibility index (Phi) is 8.25. The molecular formula is C23H31N3O2S. The summed E-state index contributed by atoms with van der Waals surface area (Å²) in [7, 11) is 1.65. The topological polar surface area (TPSA) is 53.6 Å². The van der Waals surface area contributed by atoms with Gasteiger partial charge >= 0.3 is 6.03 Å². The zero-order valence-electron chi connectivity index (χ0n) is 17.3. The number of thioether (sulfide) groups is 1. The molecule has 1 heterocycles. The van der Waals surface area contributed by atoms with Gasteiger partial charge in [-0.25, -0.2) is 4.79 Å². The van der Waals surface area contributed by atoms with Gasteiger partial charge in [0, 0.05) is 24.5 Å². The van der Waals surface area contributed by atoms with Gasteiger partial charge in [-0.15, -0.1) is 11.8 Å². The van der Waals surface area contributed by atoms with Crippen LogP contribution >= 0.6 is 11.8 Å². The first-order chi connectivity index (χ1) is 14.2. The molecule has 1 saturated heterocycles. The van der Waals surface area contributed by atoms with E-state index in [1.807, 2.05) is 36.0 Å². The standard InChI is InChI=1S/C23H31N3O2S/c1-28-21-9-7-18(8-10-21)15-24-23(27)25-16-19-11-13-26(14-12-19)17-20-5-3-4-6-22(20)29-2/h3-10,19H,11-17H2,1-2H3,(H2,24,25,27). The number of urea groups is 1. The highest BCUT2D eigenvalue weighted by atomic mass is 32.2. The van der Waals surface area contributed by atoms with Crippen molar-refractivity contribution in [2.45, 2.75) is 30.8 Å². The summed E-state index contributed by atoms with van der Waals surface area (Å²) in [6, 6.07) is 16.3. The van der Waals surface area contributed by atoms with Gasteiger partial charge in [-0.05, 0) is 67.4 Å². The van der Waals surface area contributed by atoms with Crippen LogP contribution in [0.4, 0.5) is 4.79 Å². The second kappa shape index (κ2) is 11.1. The molecule has 0 saturated carbocycles. The van der Waals surface area contributed by atoms with Crippen molar-refractivity contribution in [3.05, 3.63) is 59.7 Å². The van der Waals surface area contributed by atoms with Crippen molar-refractivity contribution in [2.75, 3.05) is 33.0 Å². The number of methoxy groups -OCH3 is 1. The SMILES string of the molecule is COc1ccc(CNC(=O)NCC2CCN(Cc3ccccc3SC)CC2)cc1. The van der Waals surface area contributed by atoms with E-state index in [0.29, 0.717) is 12.5 Å². The Morgan fingerprint density at radius 2 is 1.83 bits per heavy atom. The number of carbonyl (C=O) groups is 1. The maximum atomic E-state index is 12.1. The van der Waals surface area contributed by atoms with Crippen LogP contribution in [0.25, 0.3) is 0 Å². The number of amides is 2. The fraction of sp³-hybridized carbons (Fsp3) is 0.435. The van der Waals surface area contributed by atoms with Gasteiger partial charge in [0.2, 0.25) is 0 Å². The molecule has 3 rings (SSSR count). The number of piperidine rings is 1. The minimum absolute atomic E-state index is 0.0999. The van der Waals surface area contributed by atoms with Crippen LogP contribution in [0.5, 0.6) is 5.75 Å². The maximum Gasteiger partial charge on any atom is 0.315 e. The number of ether oxygens (including phenoxy) is 1. The van der Waals surface area contributed by atoms with Crippen molar-refractivity contribution in [1.29, 1.82) is 0 Å². The van der Waals surface area contributed by atoms with E-state index >= 15 is 0 Å². The molecule has 29 heavy (non-hydrogen) atoms. The highest BCUT2D eigenvalue weighted by molar-refractivity contribution is 7.98. The van der Waals surface area contributed by atoms with Gasteiger partial charge in [-0.2, -0.15) is 0 Å². The molecule has 1 aliphatic rings. The summed E-state index contributed by atoms with van der Waals surface area (Å²) in [6.45, 7) is 4.44. The molecule has 2 N–H and O–H groups in total. The van der Waals surface area contributed by atoms with Gasteiger partial charge in [-0.1, -0.05) is 30.3 Å². The van der Waals surface area contributed by atoms with E-state index in [-0.39, 0.29) is 6.03 Å². The summed E-state index contributed by atoms with van der Waals surface area (Å²) in [5.41, 5.74) is 2.47. The monoisotopic (exact) mass is 413 g/mol. The summed E-state index contributed by atoms with van der Waals surface area (Å²) in [4.78, 5) is 16.0. The first kappa shape index (κ1) is 21.5. The summed E-state index contributed by atoms with van der Waals surface area (Å²) in [6.07, 6.45) is 4.39. The maximum absolute atomic E-state index is 12.1. The van der Waals surface area contributed by atoms with Gasteiger partial charge in [0.25, 0.3) is 0 Å². The fourth-order valence-corrected chi connectivity index (χ4v) is 4.26. The van der Waals surface area contributed by atoms with Crippen molar-refractivity contribution in [3.63, 3.8) is 0 Å². The van der Waals surface area contributed by atoms with Crippen LogP contribution in [0.2, 0.25) is 0 Å². The van der Waals surface area contributed by atoms with Crippen LogP contribution < -0.4 is 15.4 Å². The molecule has 2 amide bonds. The molecule has 0 aliphatic carbocycles. The van der Waals surface area contributed by atoms with Crippen LogP contribution in [0.3, 0.4) is 0 Å². The van der Waals surface area contributed by atoms with Gasteiger partial charge in [0.15, 0.2) is 0 Å². The molecule has 156 valence electrons. The lowest BCUT2D eigenvalue weighted by Gasteiger charge is -2.32. The van der Waals surface area contributed by atoms with E-state index in [4.69, 9.17) is 4.74 Å².